The van der Waals surface area contributed by atoms with Crippen LogP contribution in [0.1, 0.15) is 31.2 Å². The van der Waals surface area contributed by atoms with Crippen LogP contribution in [0, 0.1) is 0 Å². The summed E-state index contributed by atoms with van der Waals surface area (Å²) in [6.07, 6.45) is 4.55. The molecule has 1 heterocycles. The number of hydrogen-bond donors (Lipinski definition) is 2. The number of benzene rings is 1. The summed E-state index contributed by atoms with van der Waals surface area (Å²) in [5.41, 5.74) is 1.79. The Morgan fingerprint density at radius 3 is 2.42 bits per heavy atom. The zero-order valence-electron chi connectivity index (χ0n) is 16.1. The minimum absolute atomic E-state index is 0.136. The van der Waals surface area contributed by atoms with Gasteiger partial charge in [0.25, 0.3) is 0 Å². The second-order valence-corrected chi connectivity index (χ2v) is 8.72. The quantitative estimate of drug-likeness (QED) is 0.546. The molecule has 1 aromatic carbocycles. The third kappa shape index (κ3) is 4.41. The molecular formula is C20H31BrN4O. The first-order chi connectivity index (χ1) is 12.5. The van der Waals surface area contributed by atoms with E-state index in [9.17, 15) is 0 Å². The lowest BCUT2D eigenvalue weighted by molar-refractivity contribution is -0.00501. The predicted molar refractivity (Wildman–Crippen MR) is 111 cm³/mol. The summed E-state index contributed by atoms with van der Waals surface area (Å²) >= 11 is 3.59. The number of likely N-dealkylation sites (N-methyl/N-ethyl adjacent to an activating group) is 1. The van der Waals surface area contributed by atoms with Crippen LogP contribution in [-0.2, 0) is 10.2 Å². The van der Waals surface area contributed by atoms with Crippen molar-refractivity contribution in [2.45, 2.75) is 36.6 Å². The lowest BCUT2D eigenvalue weighted by atomic mass is 9.88. The number of aliphatic imine (C=N–C) groups is 1. The molecule has 1 saturated heterocycles. The van der Waals surface area contributed by atoms with E-state index >= 15 is 0 Å². The van der Waals surface area contributed by atoms with Crippen LogP contribution >= 0.6 is 15.9 Å². The first kappa shape index (κ1) is 19.6. The molecule has 0 atom stereocenters. The Bertz CT molecular complexity index is 636. The van der Waals surface area contributed by atoms with E-state index in [1.54, 1.807) is 0 Å². The van der Waals surface area contributed by atoms with Gasteiger partial charge in [0.05, 0.1) is 0 Å². The molecule has 0 spiro atoms. The molecule has 6 heteroatoms. The summed E-state index contributed by atoms with van der Waals surface area (Å²) in [5, 5.41) is 7.12. The van der Waals surface area contributed by atoms with Gasteiger partial charge in [0.1, 0.15) is 0 Å². The van der Waals surface area contributed by atoms with Crippen LogP contribution in [0.4, 0.5) is 0 Å². The largest absolute Gasteiger partial charge is 0.381 e. The van der Waals surface area contributed by atoms with E-state index in [4.69, 9.17) is 4.74 Å². The summed E-state index contributed by atoms with van der Waals surface area (Å²) in [6.45, 7) is 3.46. The highest BCUT2D eigenvalue weighted by Gasteiger charge is 2.44. The van der Waals surface area contributed by atoms with Gasteiger partial charge in [-0.15, -0.1) is 0 Å². The summed E-state index contributed by atoms with van der Waals surface area (Å²) in [4.78, 5) is 6.77. The van der Waals surface area contributed by atoms with Gasteiger partial charge in [0.15, 0.2) is 5.96 Å². The summed E-state index contributed by atoms with van der Waals surface area (Å²) in [5.74, 6) is 0.888. The van der Waals surface area contributed by atoms with E-state index < -0.39 is 0 Å². The topological polar surface area (TPSA) is 48.9 Å². The molecule has 1 aromatic rings. The molecule has 2 N–H and O–H groups in total. The van der Waals surface area contributed by atoms with Crippen LogP contribution < -0.4 is 10.6 Å². The SMILES string of the molecule is CN=C(NCC1(c2cccc(Br)c2)CC1)NCC1(N(C)C)CCOCC1. The summed E-state index contributed by atoms with van der Waals surface area (Å²) in [7, 11) is 6.17. The van der Waals surface area contributed by atoms with Gasteiger partial charge in [-0.3, -0.25) is 4.99 Å². The Morgan fingerprint density at radius 2 is 1.85 bits per heavy atom. The van der Waals surface area contributed by atoms with E-state index in [0.717, 1.165) is 49.6 Å². The lowest BCUT2D eigenvalue weighted by Crippen LogP contribution is -2.57. The fraction of sp³-hybridized carbons (Fsp3) is 0.650. The highest BCUT2D eigenvalue weighted by molar-refractivity contribution is 9.10. The van der Waals surface area contributed by atoms with Crippen molar-refractivity contribution in [1.29, 1.82) is 0 Å². The second-order valence-electron chi connectivity index (χ2n) is 7.80. The monoisotopic (exact) mass is 422 g/mol. The van der Waals surface area contributed by atoms with Crippen molar-refractivity contribution in [3.8, 4) is 0 Å². The van der Waals surface area contributed by atoms with Gasteiger partial charge < -0.3 is 20.3 Å². The van der Waals surface area contributed by atoms with Crippen molar-refractivity contribution >= 4 is 21.9 Å². The van der Waals surface area contributed by atoms with Crippen molar-refractivity contribution in [2.24, 2.45) is 4.99 Å². The van der Waals surface area contributed by atoms with Crippen molar-refractivity contribution in [1.82, 2.24) is 15.5 Å². The van der Waals surface area contributed by atoms with E-state index in [-0.39, 0.29) is 11.0 Å². The Balaban J connectivity index is 1.57. The van der Waals surface area contributed by atoms with Crippen LogP contribution in [0.2, 0.25) is 0 Å². The molecule has 1 saturated carbocycles. The maximum Gasteiger partial charge on any atom is 0.191 e. The molecule has 3 rings (SSSR count). The Labute approximate surface area is 165 Å². The molecular weight excluding hydrogens is 392 g/mol. The lowest BCUT2D eigenvalue weighted by Gasteiger charge is -2.43. The summed E-state index contributed by atoms with van der Waals surface area (Å²) in [6, 6.07) is 8.69. The molecule has 1 aliphatic carbocycles. The minimum Gasteiger partial charge on any atom is -0.381 e. The van der Waals surface area contributed by atoms with Gasteiger partial charge in [-0.2, -0.15) is 0 Å². The van der Waals surface area contributed by atoms with Crippen LogP contribution in [0.5, 0.6) is 0 Å². The zero-order chi connectivity index (χ0) is 18.6. The molecule has 0 radical (unpaired) electrons. The minimum atomic E-state index is 0.136. The van der Waals surface area contributed by atoms with Gasteiger partial charge in [0.2, 0.25) is 0 Å². The van der Waals surface area contributed by atoms with E-state index in [0.29, 0.717) is 0 Å². The van der Waals surface area contributed by atoms with E-state index in [1.165, 1.54) is 18.4 Å². The smallest absolute Gasteiger partial charge is 0.191 e. The van der Waals surface area contributed by atoms with Crippen LogP contribution in [0.25, 0.3) is 0 Å². The molecule has 0 unspecified atom stereocenters. The molecule has 0 aromatic heterocycles. The van der Waals surface area contributed by atoms with Gasteiger partial charge in [0, 0.05) is 48.8 Å². The first-order valence-electron chi connectivity index (χ1n) is 9.45. The van der Waals surface area contributed by atoms with Crippen LogP contribution in [-0.4, -0.2) is 63.8 Å². The van der Waals surface area contributed by atoms with E-state index in [1.807, 2.05) is 7.05 Å². The van der Waals surface area contributed by atoms with Gasteiger partial charge >= 0.3 is 0 Å². The normalized spacial score (nSPS) is 21.5. The number of rotatable bonds is 6. The molecule has 5 nitrogen and oxygen atoms in total. The highest BCUT2D eigenvalue weighted by Crippen LogP contribution is 2.48. The fourth-order valence-electron chi connectivity index (χ4n) is 3.79. The molecule has 26 heavy (non-hydrogen) atoms. The average molecular weight is 423 g/mol. The molecule has 2 fully saturated rings. The zero-order valence-corrected chi connectivity index (χ0v) is 17.7. The number of hydrogen-bond acceptors (Lipinski definition) is 3. The molecule has 0 amide bonds. The number of nitrogens with one attached hydrogen (secondary N) is 2. The fourth-order valence-corrected chi connectivity index (χ4v) is 4.19. The average Bonchev–Trinajstić information content (AvgIpc) is 3.44. The van der Waals surface area contributed by atoms with Gasteiger partial charge in [-0.1, -0.05) is 28.1 Å². The standard InChI is InChI=1S/C20H31BrN4O/c1-22-18(24-15-20(25(2)3)9-11-26-12-10-20)23-14-19(7-8-19)16-5-4-6-17(21)13-16/h4-6,13H,7-12,14-15H2,1-3H3,(H2,22,23,24). The van der Waals surface area contributed by atoms with Crippen LogP contribution in [0.15, 0.2) is 33.7 Å². The van der Waals surface area contributed by atoms with Crippen molar-refractivity contribution in [2.75, 3.05) is 47.4 Å². The molecule has 0 bridgehead atoms. The number of halogens is 1. The number of nitrogens with zero attached hydrogens (tertiary/aromatic N) is 2. The molecule has 2 aliphatic rings. The van der Waals surface area contributed by atoms with Crippen molar-refractivity contribution in [3.63, 3.8) is 0 Å². The summed E-state index contributed by atoms with van der Waals surface area (Å²) < 4.78 is 6.71. The third-order valence-corrected chi connectivity index (χ3v) is 6.56. The van der Waals surface area contributed by atoms with Gasteiger partial charge in [-0.25, -0.2) is 0 Å². The maximum atomic E-state index is 5.56. The Kier molecular flexibility index (Phi) is 6.25. The highest BCUT2D eigenvalue weighted by atomic mass is 79.9. The third-order valence-electron chi connectivity index (χ3n) is 6.07. The molecule has 1 aliphatic heterocycles. The van der Waals surface area contributed by atoms with Crippen LogP contribution in [0.3, 0.4) is 0 Å². The molecule has 144 valence electrons. The predicted octanol–water partition coefficient (Wildman–Crippen LogP) is 2.76. The number of guanidine groups is 1. The van der Waals surface area contributed by atoms with E-state index in [2.05, 4.69) is 74.8 Å². The maximum absolute atomic E-state index is 5.56. The first-order valence-corrected chi connectivity index (χ1v) is 10.2. The Morgan fingerprint density at radius 1 is 1.15 bits per heavy atom. The number of ether oxygens (including phenoxy) is 1. The van der Waals surface area contributed by atoms with Gasteiger partial charge in [-0.05, 0) is 57.5 Å². The second kappa shape index (κ2) is 8.28. The van der Waals surface area contributed by atoms with Crippen molar-refractivity contribution < 1.29 is 4.74 Å². The van der Waals surface area contributed by atoms with Crippen molar-refractivity contribution in [3.05, 3.63) is 34.3 Å². The Hall–Kier alpha value is -1.11.